The Hall–Kier alpha value is -3.79. The van der Waals surface area contributed by atoms with E-state index < -0.39 is 0 Å². The molecular formula is C25H21N3O. The van der Waals surface area contributed by atoms with Crippen LogP contribution in [0.2, 0.25) is 0 Å². The minimum absolute atomic E-state index is 0.104. The molecule has 142 valence electrons. The van der Waals surface area contributed by atoms with E-state index in [1.165, 1.54) is 0 Å². The Morgan fingerprint density at radius 1 is 0.759 bits per heavy atom. The number of rotatable bonds is 6. The lowest BCUT2D eigenvalue weighted by molar-refractivity contribution is -0.115. The number of nitrogens with one attached hydrogen (secondary N) is 1. The van der Waals surface area contributed by atoms with Gasteiger partial charge in [-0.15, -0.1) is 0 Å². The fraction of sp³-hybridized carbons (Fsp3) is 0.0800. The third-order valence-electron chi connectivity index (χ3n) is 4.59. The molecule has 0 atom stereocenters. The van der Waals surface area contributed by atoms with Crippen LogP contribution in [0.3, 0.4) is 0 Å². The van der Waals surface area contributed by atoms with Gasteiger partial charge < -0.3 is 5.32 Å². The van der Waals surface area contributed by atoms with Crippen LogP contribution in [0, 0.1) is 0 Å². The molecule has 3 aromatic carbocycles. The van der Waals surface area contributed by atoms with Crippen LogP contribution in [0.25, 0.3) is 11.3 Å². The van der Waals surface area contributed by atoms with Gasteiger partial charge in [-0.1, -0.05) is 91.0 Å². The molecule has 0 bridgehead atoms. The molecule has 4 heteroatoms. The van der Waals surface area contributed by atoms with Crippen molar-refractivity contribution < 1.29 is 4.79 Å². The Kier molecular flexibility index (Phi) is 5.72. The number of carbonyl (C=O) groups excluding carboxylic acids is 1. The Bertz CT molecular complexity index is 1080. The largest absolute Gasteiger partial charge is 0.309 e. The summed E-state index contributed by atoms with van der Waals surface area (Å²) in [6.45, 7) is 0. The molecule has 4 aromatic rings. The molecule has 4 rings (SSSR count). The van der Waals surface area contributed by atoms with Crippen LogP contribution in [0.5, 0.6) is 0 Å². The minimum atomic E-state index is -0.104. The molecule has 0 radical (unpaired) electrons. The van der Waals surface area contributed by atoms with Crippen molar-refractivity contribution in [2.75, 3.05) is 5.32 Å². The molecule has 0 fully saturated rings. The average molecular weight is 379 g/mol. The maximum Gasteiger partial charge on any atom is 0.229 e. The first-order valence-electron chi connectivity index (χ1n) is 9.57. The third-order valence-corrected chi connectivity index (χ3v) is 4.59. The molecule has 1 N–H and O–H groups in total. The van der Waals surface area contributed by atoms with Crippen LogP contribution in [0.4, 0.5) is 5.82 Å². The van der Waals surface area contributed by atoms with Crippen LogP contribution in [0.15, 0.2) is 97.2 Å². The van der Waals surface area contributed by atoms with Crippen LogP contribution in [-0.4, -0.2) is 15.9 Å². The molecule has 1 heterocycles. The molecule has 0 aliphatic rings. The van der Waals surface area contributed by atoms with E-state index in [0.29, 0.717) is 18.7 Å². The molecule has 0 saturated heterocycles. The van der Waals surface area contributed by atoms with Gasteiger partial charge in [0.1, 0.15) is 0 Å². The number of anilines is 1. The summed E-state index contributed by atoms with van der Waals surface area (Å²) in [6.07, 6.45) is 2.60. The van der Waals surface area contributed by atoms with E-state index in [4.69, 9.17) is 4.98 Å². The first kappa shape index (κ1) is 18.6. The smallest absolute Gasteiger partial charge is 0.229 e. The fourth-order valence-corrected chi connectivity index (χ4v) is 3.15. The van der Waals surface area contributed by atoms with E-state index in [1.54, 1.807) is 6.20 Å². The summed E-state index contributed by atoms with van der Waals surface area (Å²) in [6, 6.07) is 29.7. The zero-order valence-electron chi connectivity index (χ0n) is 16.0. The second-order valence-electron chi connectivity index (χ2n) is 6.79. The van der Waals surface area contributed by atoms with Crippen LogP contribution < -0.4 is 5.32 Å². The zero-order chi connectivity index (χ0) is 19.9. The predicted molar refractivity (Wildman–Crippen MR) is 115 cm³/mol. The van der Waals surface area contributed by atoms with Crippen molar-refractivity contribution in [3.63, 3.8) is 0 Å². The monoisotopic (exact) mass is 379 g/mol. The van der Waals surface area contributed by atoms with Gasteiger partial charge in [0.2, 0.25) is 5.91 Å². The summed E-state index contributed by atoms with van der Waals surface area (Å²) in [4.78, 5) is 21.9. The molecular weight excluding hydrogens is 358 g/mol. The lowest BCUT2D eigenvalue weighted by Crippen LogP contribution is -2.17. The van der Waals surface area contributed by atoms with Crippen LogP contribution in [-0.2, 0) is 17.6 Å². The van der Waals surface area contributed by atoms with E-state index in [0.717, 1.165) is 28.1 Å². The van der Waals surface area contributed by atoms with E-state index >= 15 is 0 Å². The standard InChI is InChI=1S/C25H21N3O/c29-24(17-20-12-6-2-7-13-20)28-25-22(16-19-10-4-1-5-11-19)27-23(18-26-25)21-14-8-3-9-15-21/h1-15,18H,16-17H2,(H,26,28,29). The van der Waals surface area contributed by atoms with Gasteiger partial charge in [0.15, 0.2) is 5.82 Å². The minimum Gasteiger partial charge on any atom is -0.309 e. The van der Waals surface area contributed by atoms with Gasteiger partial charge >= 0.3 is 0 Å². The van der Waals surface area contributed by atoms with E-state index in [2.05, 4.69) is 10.3 Å². The molecule has 0 unspecified atom stereocenters. The average Bonchev–Trinajstić information content (AvgIpc) is 2.77. The number of amides is 1. The maximum atomic E-state index is 12.6. The maximum absolute atomic E-state index is 12.6. The van der Waals surface area contributed by atoms with Crippen molar-refractivity contribution in [1.82, 2.24) is 9.97 Å². The topological polar surface area (TPSA) is 54.9 Å². The van der Waals surface area contributed by atoms with E-state index in [1.807, 2.05) is 91.0 Å². The fourth-order valence-electron chi connectivity index (χ4n) is 3.15. The molecule has 1 amide bonds. The van der Waals surface area contributed by atoms with Gasteiger partial charge in [-0.2, -0.15) is 0 Å². The molecule has 29 heavy (non-hydrogen) atoms. The van der Waals surface area contributed by atoms with Crippen LogP contribution >= 0.6 is 0 Å². The quantitative estimate of drug-likeness (QED) is 0.518. The number of hydrogen-bond acceptors (Lipinski definition) is 3. The van der Waals surface area contributed by atoms with Crippen molar-refractivity contribution in [2.24, 2.45) is 0 Å². The highest BCUT2D eigenvalue weighted by Gasteiger charge is 2.13. The summed E-state index contributed by atoms with van der Waals surface area (Å²) < 4.78 is 0. The molecule has 0 saturated carbocycles. The number of carbonyl (C=O) groups is 1. The predicted octanol–water partition coefficient (Wildman–Crippen LogP) is 4.92. The lowest BCUT2D eigenvalue weighted by atomic mass is 10.1. The van der Waals surface area contributed by atoms with Crippen molar-refractivity contribution >= 4 is 11.7 Å². The van der Waals surface area contributed by atoms with Gasteiger partial charge in [-0.05, 0) is 11.1 Å². The highest BCUT2D eigenvalue weighted by molar-refractivity contribution is 5.92. The zero-order valence-corrected chi connectivity index (χ0v) is 16.0. The first-order valence-corrected chi connectivity index (χ1v) is 9.57. The highest BCUT2D eigenvalue weighted by Crippen LogP contribution is 2.21. The third kappa shape index (κ3) is 4.93. The lowest BCUT2D eigenvalue weighted by Gasteiger charge is -2.12. The summed E-state index contributed by atoms with van der Waals surface area (Å²) in [5, 5.41) is 2.95. The van der Waals surface area contributed by atoms with Crippen molar-refractivity contribution in [2.45, 2.75) is 12.8 Å². The summed E-state index contributed by atoms with van der Waals surface area (Å²) in [7, 11) is 0. The van der Waals surface area contributed by atoms with E-state index in [9.17, 15) is 4.79 Å². The van der Waals surface area contributed by atoms with Gasteiger partial charge in [0, 0.05) is 12.0 Å². The summed E-state index contributed by atoms with van der Waals surface area (Å²) in [5.41, 5.74) is 4.61. The van der Waals surface area contributed by atoms with Gasteiger partial charge in [-0.3, -0.25) is 4.79 Å². The van der Waals surface area contributed by atoms with Crippen LogP contribution in [0.1, 0.15) is 16.8 Å². The van der Waals surface area contributed by atoms with Crippen molar-refractivity contribution in [3.05, 3.63) is 114 Å². The summed E-state index contributed by atoms with van der Waals surface area (Å²) >= 11 is 0. The second-order valence-corrected chi connectivity index (χ2v) is 6.79. The Morgan fingerprint density at radius 2 is 1.34 bits per heavy atom. The number of aromatic nitrogens is 2. The van der Waals surface area contributed by atoms with Gasteiger partial charge in [0.05, 0.1) is 24.0 Å². The first-order chi connectivity index (χ1) is 14.3. The molecule has 1 aromatic heterocycles. The number of hydrogen-bond donors (Lipinski definition) is 1. The van der Waals surface area contributed by atoms with E-state index in [-0.39, 0.29) is 5.91 Å². The highest BCUT2D eigenvalue weighted by atomic mass is 16.1. The SMILES string of the molecule is O=C(Cc1ccccc1)Nc1ncc(-c2ccccc2)nc1Cc1ccccc1. The summed E-state index contributed by atoms with van der Waals surface area (Å²) in [5.74, 6) is 0.404. The molecule has 0 aliphatic carbocycles. The van der Waals surface area contributed by atoms with Crippen molar-refractivity contribution in [3.8, 4) is 11.3 Å². The molecule has 0 spiro atoms. The van der Waals surface area contributed by atoms with Gasteiger partial charge in [-0.25, -0.2) is 9.97 Å². The number of nitrogens with zero attached hydrogens (tertiary/aromatic N) is 2. The number of benzene rings is 3. The Morgan fingerprint density at radius 3 is 2.00 bits per heavy atom. The Balaban J connectivity index is 1.62. The normalized spacial score (nSPS) is 10.5. The Labute approximate surface area is 170 Å². The molecule has 4 nitrogen and oxygen atoms in total. The molecule has 0 aliphatic heterocycles. The van der Waals surface area contributed by atoms with Crippen molar-refractivity contribution in [1.29, 1.82) is 0 Å². The second kappa shape index (κ2) is 8.93. The van der Waals surface area contributed by atoms with Gasteiger partial charge in [0.25, 0.3) is 0 Å².